The number of aromatic nitrogens is 2. The van der Waals surface area contributed by atoms with Crippen LogP contribution < -0.4 is 5.56 Å². The van der Waals surface area contributed by atoms with Crippen molar-refractivity contribution in [2.75, 3.05) is 26.2 Å². The van der Waals surface area contributed by atoms with E-state index in [9.17, 15) is 9.59 Å². The lowest BCUT2D eigenvalue weighted by molar-refractivity contribution is 0.0626. The average molecular weight is 376 g/mol. The number of carbonyl (C=O) groups is 1. The summed E-state index contributed by atoms with van der Waals surface area (Å²) in [6.07, 6.45) is 3.14. The predicted octanol–water partition coefficient (Wildman–Crippen LogP) is 2.27. The number of aryl methyl sites for hydroxylation is 2. The molecule has 0 atom stereocenters. The minimum absolute atomic E-state index is 0.135. The lowest BCUT2D eigenvalue weighted by Gasteiger charge is -2.34. The first-order valence-electron chi connectivity index (χ1n) is 9.57. The van der Waals surface area contributed by atoms with Crippen molar-refractivity contribution in [1.29, 1.82) is 0 Å². The van der Waals surface area contributed by atoms with E-state index in [2.05, 4.69) is 35.0 Å². The Kier molecular flexibility index (Phi) is 4.96. The van der Waals surface area contributed by atoms with E-state index in [4.69, 9.17) is 0 Å². The lowest BCUT2D eigenvalue weighted by atomic mass is 10.1. The van der Waals surface area contributed by atoms with Crippen molar-refractivity contribution in [2.45, 2.75) is 20.4 Å². The Labute approximate surface area is 164 Å². The molecule has 0 bridgehead atoms. The SMILES string of the molecule is Cc1ccc2ncc(C(=O)N3CCN(Cc4ccccc4C)CC3)c(=O)n2c1. The molecule has 1 aliphatic rings. The smallest absolute Gasteiger partial charge is 0.270 e. The van der Waals surface area contributed by atoms with Gasteiger partial charge in [0.2, 0.25) is 0 Å². The molecule has 0 saturated carbocycles. The van der Waals surface area contributed by atoms with Gasteiger partial charge in [0.1, 0.15) is 11.2 Å². The number of fused-ring (bicyclic) bond motifs is 1. The van der Waals surface area contributed by atoms with E-state index < -0.39 is 0 Å². The Hall–Kier alpha value is -2.99. The number of hydrogen-bond donors (Lipinski definition) is 0. The highest BCUT2D eigenvalue weighted by Gasteiger charge is 2.25. The molecule has 28 heavy (non-hydrogen) atoms. The molecule has 0 spiro atoms. The molecule has 1 fully saturated rings. The second-order valence-electron chi connectivity index (χ2n) is 7.41. The maximum Gasteiger partial charge on any atom is 0.270 e. The van der Waals surface area contributed by atoms with E-state index in [1.54, 1.807) is 17.2 Å². The number of carbonyl (C=O) groups excluding carboxylic acids is 1. The predicted molar refractivity (Wildman–Crippen MR) is 109 cm³/mol. The number of nitrogens with zero attached hydrogens (tertiary/aromatic N) is 4. The van der Waals surface area contributed by atoms with Crippen LogP contribution in [0.1, 0.15) is 27.0 Å². The molecule has 1 aliphatic heterocycles. The first kappa shape index (κ1) is 18.4. The van der Waals surface area contributed by atoms with Crippen LogP contribution in [-0.2, 0) is 6.54 Å². The molecule has 6 heteroatoms. The molecule has 144 valence electrons. The van der Waals surface area contributed by atoms with Gasteiger partial charge in [0.15, 0.2) is 0 Å². The number of amides is 1. The molecule has 4 rings (SSSR count). The van der Waals surface area contributed by atoms with Crippen LogP contribution in [0, 0.1) is 13.8 Å². The molecular weight excluding hydrogens is 352 g/mol. The summed E-state index contributed by atoms with van der Waals surface area (Å²) in [6, 6.07) is 12.1. The Morgan fingerprint density at radius 1 is 1.04 bits per heavy atom. The lowest BCUT2D eigenvalue weighted by Crippen LogP contribution is -2.49. The average Bonchev–Trinajstić information content (AvgIpc) is 2.70. The summed E-state index contributed by atoms with van der Waals surface area (Å²) < 4.78 is 1.46. The van der Waals surface area contributed by atoms with Gasteiger partial charge < -0.3 is 4.90 Å². The topological polar surface area (TPSA) is 57.9 Å². The van der Waals surface area contributed by atoms with E-state index in [0.29, 0.717) is 18.7 Å². The molecule has 0 radical (unpaired) electrons. The molecule has 2 aromatic heterocycles. The van der Waals surface area contributed by atoms with Crippen LogP contribution in [0.2, 0.25) is 0 Å². The zero-order valence-electron chi connectivity index (χ0n) is 16.3. The van der Waals surface area contributed by atoms with E-state index in [1.807, 2.05) is 19.1 Å². The molecule has 0 unspecified atom stereocenters. The Morgan fingerprint density at radius 3 is 2.54 bits per heavy atom. The van der Waals surface area contributed by atoms with Crippen LogP contribution in [0.15, 0.2) is 53.6 Å². The summed E-state index contributed by atoms with van der Waals surface area (Å²) in [5, 5.41) is 0. The quantitative estimate of drug-likeness (QED) is 0.704. The summed E-state index contributed by atoms with van der Waals surface area (Å²) in [5.74, 6) is -0.232. The van der Waals surface area contributed by atoms with Gasteiger partial charge in [-0.15, -0.1) is 0 Å². The van der Waals surface area contributed by atoms with E-state index in [1.165, 1.54) is 21.7 Å². The summed E-state index contributed by atoms with van der Waals surface area (Å²) in [7, 11) is 0. The first-order valence-corrected chi connectivity index (χ1v) is 9.57. The molecule has 1 saturated heterocycles. The fourth-order valence-corrected chi connectivity index (χ4v) is 3.64. The maximum atomic E-state index is 12.9. The number of piperazine rings is 1. The van der Waals surface area contributed by atoms with Gasteiger partial charge >= 0.3 is 0 Å². The summed E-state index contributed by atoms with van der Waals surface area (Å²) in [6.45, 7) is 7.73. The fraction of sp³-hybridized carbons (Fsp3) is 0.318. The van der Waals surface area contributed by atoms with Crippen LogP contribution in [0.3, 0.4) is 0 Å². The number of hydrogen-bond acceptors (Lipinski definition) is 4. The van der Waals surface area contributed by atoms with Crippen molar-refractivity contribution in [2.24, 2.45) is 0 Å². The van der Waals surface area contributed by atoms with Gasteiger partial charge in [-0.25, -0.2) is 4.98 Å². The third kappa shape index (κ3) is 3.55. The van der Waals surface area contributed by atoms with Crippen LogP contribution in [0.25, 0.3) is 5.65 Å². The fourth-order valence-electron chi connectivity index (χ4n) is 3.64. The van der Waals surface area contributed by atoms with Gasteiger partial charge in [-0.3, -0.25) is 18.9 Å². The van der Waals surface area contributed by atoms with Gasteiger partial charge in [-0.1, -0.05) is 30.3 Å². The van der Waals surface area contributed by atoms with E-state index >= 15 is 0 Å². The Balaban J connectivity index is 1.47. The highest BCUT2D eigenvalue weighted by atomic mass is 16.2. The number of rotatable bonds is 3. The number of pyridine rings is 1. The zero-order chi connectivity index (χ0) is 19.7. The van der Waals surface area contributed by atoms with Crippen LogP contribution >= 0.6 is 0 Å². The second kappa shape index (κ2) is 7.56. The van der Waals surface area contributed by atoms with Gasteiger partial charge in [-0.2, -0.15) is 0 Å². The van der Waals surface area contributed by atoms with Crippen LogP contribution in [0.5, 0.6) is 0 Å². The minimum Gasteiger partial charge on any atom is -0.336 e. The highest BCUT2D eigenvalue weighted by molar-refractivity contribution is 5.93. The molecule has 3 heterocycles. The molecule has 1 aromatic carbocycles. The molecule has 6 nitrogen and oxygen atoms in total. The van der Waals surface area contributed by atoms with Crippen LogP contribution in [-0.4, -0.2) is 51.3 Å². The largest absolute Gasteiger partial charge is 0.336 e. The van der Waals surface area contributed by atoms with Crippen molar-refractivity contribution in [3.63, 3.8) is 0 Å². The number of benzene rings is 1. The molecule has 3 aromatic rings. The van der Waals surface area contributed by atoms with Crippen molar-refractivity contribution in [3.8, 4) is 0 Å². The third-order valence-corrected chi connectivity index (χ3v) is 5.40. The van der Waals surface area contributed by atoms with Gasteiger partial charge in [-0.05, 0) is 36.6 Å². The van der Waals surface area contributed by atoms with E-state index in [0.717, 1.165) is 25.2 Å². The Bertz CT molecular complexity index is 1080. The molecular formula is C22H24N4O2. The zero-order valence-corrected chi connectivity index (χ0v) is 16.3. The summed E-state index contributed by atoms with van der Waals surface area (Å²) >= 11 is 0. The molecule has 0 N–H and O–H groups in total. The van der Waals surface area contributed by atoms with Gasteiger partial charge in [0.25, 0.3) is 11.5 Å². The van der Waals surface area contributed by atoms with Gasteiger partial charge in [0.05, 0.1) is 0 Å². The summed E-state index contributed by atoms with van der Waals surface area (Å²) in [5.41, 5.74) is 3.93. The Morgan fingerprint density at radius 2 is 1.79 bits per heavy atom. The summed E-state index contributed by atoms with van der Waals surface area (Å²) in [4.78, 5) is 34.1. The van der Waals surface area contributed by atoms with Crippen molar-refractivity contribution >= 4 is 11.6 Å². The molecule has 0 aliphatic carbocycles. The minimum atomic E-state index is -0.305. The van der Waals surface area contributed by atoms with Crippen molar-refractivity contribution in [3.05, 3.63) is 81.4 Å². The second-order valence-corrected chi connectivity index (χ2v) is 7.41. The first-order chi connectivity index (χ1) is 13.5. The van der Waals surface area contributed by atoms with Crippen LogP contribution in [0.4, 0.5) is 0 Å². The highest BCUT2D eigenvalue weighted by Crippen LogP contribution is 2.13. The van der Waals surface area contributed by atoms with Crippen molar-refractivity contribution < 1.29 is 4.79 Å². The standard InChI is InChI=1S/C22H24N4O2/c1-16-7-8-20-23-13-19(22(28)26(20)14-16)21(27)25-11-9-24(10-12-25)15-18-6-4-3-5-17(18)2/h3-8,13-14H,9-12,15H2,1-2H3. The normalized spacial score (nSPS) is 15.1. The monoisotopic (exact) mass is 376 g/mol. The van der Waals surface area contributed by atoms with Gasteiger partial charge in [0, 0.05) is 45.1 Å². The third-order valence-electron chi connectivity index (χ3n) is 5.40. The molecule has 1 amide bonds. The maximum absolute atomic E-state index is 12.9. The van der Waals surface area contributed by atoms with Crippen molar-refractivity contribution in [1.82, 2.24) is 19.2 Å². The van der Waals surface area contributed by atoms with E-state index in [-0.39, 0.29) is 17.0 Å².